The smallest absolute Gasteiger partial charge is 0.0480 e. The molecule has 2 N–H and O–H groups in total. The molecule has 0 aliphatic carbocycles. The molecule has 0 aromatic rings. The van der Waals surface area contributed by atoms with Gasteiger partial charge in [0.2, 0.25) is 0 Å². The lowest BCUT2D eigenvalue weighted by atomic mass is 9.79. The minimum atomic E-state index is 0.241. The van der Waals surface area contributed by atoms with Crippen molar-refractivity contribution in [2.75, 3.05) is 13.2 Å². The summed E-state index contributed by atoms with van der Waals surface area (Å²) < 4.78 is 5.42. The van der Waals surface area contributed by atoms with Crippen molar-refractivity contribution in [3.63, 3.8) is 0 Å². The fourth-order valence-electron chi connectivity index (χ4n) is 3.64. The molecule has 0 atom stereocenters. The van der Waals surface area contributed by atoms with Crippen LogP contribution in [0.15, 0.2) is 0 Å². The number of hydrogen-bond donors (Lipinski definition) is 2. The molecule has 3 heteroatoms. The summed E-state index contributed by atoms with van der Waals surface area (Å²) in [5, 5.41) is 7.58. The van der Waals surface area contributed by atoms with Crippen molar-refractivity contribution < 1.29 is 4.74 Å². The molecule has 2 heterocycles. The van der Waals surface area contributed by atoms with E-state index in [1.54, 1.807) is 0 Å². The average molecular weight is 240 g/mol. The maximum atomic E-state index is 5.42. The summed E-state index contributed by atoms with van der Waals surface area (Å²) in [5.41, 5.74) is 0.481. The highest BCUT2D eigenvalue weighted by atomic mass is 16.5. The predicted molar refractivity (Wildman–Crippen MR) is 71.3 cm³/mol. The van der Waals surface area contributed by atoms with Gasteiger partial charge in [-0.05, 0) is 53.4 Å². The Hall–Kier alpha value is -0.120. The van der Waals surface area contributed by atoms with E-state index in [9.17, 15) is 0 Å². The van der Waals surface area contributed by atoms with Crippen LogP contribution in [0.4, 0.5) is 0 Å². The topological polar surface area (TPSA) is 33.3 Å². The Balaban J connectivity index is 1.91. The van der Waals surface area contributed by atoms with Gasteiger partial charge < -0.3 is 15.4 Å². The van der Waals surface area contributed by atoms with Crippen LogP contribution in [0.5, 0.6) is 0 Å². The standard InChI is InChI=1S/C14H28N2O/c1-13(2)9-12(10-14(3,4)16-13)15-11-5-7-17-8-6-11/h11-12,15-16H,5-10H2,1-4H3. The molecule has 2 aliphatic heterocycles. The normalized spacial score (nSPS) is 30.4. The molecule has 2 fully saturated rings. The first-order chi connectivity index (χ1) is 7.86. The van der Waals surface area contributed by atoms with Gasteiger partial charge in [0.1, 0.15) is 0 Å². The first kappa shape index (κ1) is 13.3. The fourth-order valence-corrected chi connectivity index (χ4v) is 3.64. The van der Waals surface area contributed by atoms with Crippen molar-refractivity contribution in [1.29, 1.82) is 0 Å². The number of piperidine rings is 1. The molecule has 2 aliphatic rings. The van der Waals surface area contributed by atoms with E-state index in [4.69, 9.17) is 4.74 Å². The molecular formula is C14H28N2O. The zero-order valence-corrected chi connectivity index (χ0v) is 11.8. The Bertz CT molecular complexity index is 241. The Labute approximate surface area is 106 Å². The Morgan fingerprint density at radius 2 is 1.47 bits per heavy atom. The van der Waals surface area contributed by atoms with E-state index in [1.807, 2.05) is 0 Å². The van der Waals surface area contributed by atoms with Crippen LogP contribution in [-0.4, -0.2) is 36.4 Å². The van der Waals surface area contributed by atoms with Gasteiger partial charge in [0.05, 0.1) is 0 Å². The van der Waals surface area contributed by atoms with Crippen LogP contribution in [0.25, 0.3) is 0 Å². The van der Waals surface area contributed by atoms with Crippen LogP contribution in [0.2, 0.25) is 0 Å². The van der Waals surface area contributed by atoms with Crippen LogP contribution >= 0.6 is 0 Å². The quantitative estimate of drug-likeness (QED) is 0.775. The second kappa shape index (κ2) is 4.87. The van der Waals surface area contributed by atoms with Gasteiger partial charge in [-0.25, -0.2) is 0 Å². The zero-order valence-electron chi connectivity index (χ0n) is 11.8. The minimum Gasteiger partial charge on any atom is -0.381 e. The van der Waals surface area contributed by atoms with E-state index >= 15 is 0 Å². The summed E-state index contributed by atoms with van der Waals surface area (Å²) in [4.78, 5) is 0. The molecule has 2 rings (SSSR count). The van der Waals surface area contributed by atoms with E-state index in [0.29, 0.717) is 12.1 Å². The maximum absolute atomic E-state index is 5.42. The van der Waals surface area contributed by atoms with Gasteiger partial charge in [-0.15, -0.1) is 0 Å². The number of hydrogen-bond acceptors (Lipinski definition) is 3. The van der Waals surface area contributed by atoms with Gasteiger partial charge in [0, 0.05) is 36.4 Å². The van der Waals surface area contributed by atoms with Crippen molar-refractivity contribution >= 4 is 0 Å². The van der Waals surface area contributed by atoms with E-state index in [1.165, 1.54) is 25.7 Å². The molecule has 0 amide bonds. The van der Waals surface area contributed by atoms with Gasteiger partial charge in [0.25, 0.3) is 0 Å². The van der Waals surface area contributed by atoms with Crippen molar-refractivity contribution in [2.24, 2.45) is 0 Å². The fraction of sp³-hybridized carbons (Fsp3) is 1.00. The summed E-state index contributed by atoms with van der Waals surface area (Å²) >= 11 is 0. The lowest BCUT2D eigenvalue weighted by Crippen LogP contribution is -2.62. The highest BCUT2D eigenvalue weighted by Gasteiger charge is 2.38. The van der Waals surface area contributed by atoms with Crippen LogP contribution < -0.4 is 10.6 Å². The second-order valence-electron chi connectivity index (χ2n) is 7.05. The monoisotopic (exact) mass is 240 g/mol. The Kier molecular flexibility index (Phi) is 3.81. The molecule has 0 saturated carbocycles. The molecule has 2 saturated heterocycles. The molecule has 100 valence electrons. The van der Waals surface area contributed by atoms with E-state index in [0.717, 1.165) is 13.2 Å². The molecule has 0 radical (unpaired) electrons. The molecular weight excluding hydrogens is 212 g/mol. The summed E-state index contributed by atoms with van der Waals surface area (Å²) in [6.07, 6.45) is 4.77. The number of ether oxygens (including phenoxy) is 1. The van der Waals surface area contributed by atoms with Crippen LogP contribution in [0, 0.1) is 0 Å². The van der Waals surface area contributed by atoms with Crippen LogP contribution in [0.1, 0.15) is 53.4 Å². The summed E-state index contributed by atoms with van der Waals surface area (Å²) in [7, 11) is 0. The SMILES string of the molecule is CC1(C)CC(NC2CCOCC2)CC(C)(C)N1. The molecule has 0 bridgehead atoms. The minimum absolute atomic E-state index is 0.241. The highest BCUT2D eigenvalue weighted by Crippen LogP contribution is 2.29. The summed E-state index contributed by atoms with van der Waals surface area (Å²) in [6.45, 7) is 11.1. The van der Waals surface area contributed by atoms with Crippen molar-refractivity contribution in [3.05, 3.63) is 0 Å². The van der Waals surface area contributed by atoms with Crippen molar-refractivity contribution in [1.82, 2.24) is 10.6 Å². The highest BCUT2D eigenvalue weighted by molar-refractivity contribution is 5.00. The van der Waals surface area contributed by atoms with E-state index < -0.39 is 0 Å². The lowest BCUT2D eigenvalue weighted by Gasteiger charge is -2.47. The zero-order chi connectivity index (χ0) is 12.5. The van der Waals surface area contributed by atoms with Crippen LogP contribution in [-0.2, 0) is 4.74 Å². The molecule has 0 aromatic heterocycles. The third-order valence-electron chi connectivity index (χ3n) is 3.88. The number of nitrogens with one attached hydrogen (secondary N) is 2. The third-order valence-corrected chi connectivity index (χ3v) is 3.88. The molecule has 3 nitrogen and oxygen atoms in total. The summed E-state index contributed by atoms with van der Waals surface area (Å²) in [6, 6.07) is 1.31. The maximum Gasteiger partial charge on any atom is 0.0480 e. The van der Waals surface area contributed by atoms with Crippen molar-refractivity contribution in [2.45, 2.75) is 76.5 Å². The van der Waals surface area contributed by atoms with E-state index in [-0.39, 0.29) is 11.1 Å². The van der Waals surface area contributed by atoms with Gasteiger partial charge in [-0.3, -0.25) is 0 Å². The number of rotatable bonds is 2. The third kappa shape index (κ3) is 3.94. The first-order valence-electron chi connectivity index (χ1n) is 6.99. The first-order valence-corrected chi connectivity index (χ1v) is 6.99. The average Bonchev–Trinajstić information content (AvgIpc) is 2.13. The van der Waals surface area contributed by atoms with Gasteiger partial charge in [0.15, 0.2) is 0 Å². The largest absolute Gasteiger partial charge is 0.381 e. The van der Waals surface area contributed by atoms with Crippen molar-refractivity contribution in [3.8, 4) is 0 Å². The van der Waals surface area contributed by atoms with Crippen LogP contribution in [0.3, 0.4) is 0 Å². The molecule has 0 unspecified atom stereocenters. The van der Waals surface area contributed by atoms with Gasteiger partial charge in [-0.1, -0.05) is 0 Å². The Morgan fingerprint density at radius 1 is 0.941 bits per heavy atom. The van der Waals surface area contributed by atoms with Gasteiger partial charge >= 0.3 is 0 Å². The summed E-state index contributed by atoms with van der Waals surface area (Å²) in [5.74, 6) is 0. The molecule has 17 heavy (non-hydrogen) atoms. The predicted octanol–water partition coefficient (Wildman–Crippen LogP) is 2.06. The lowest BCUT2D eigenvalue weighted by molar-refractivity contribution is 0.0649. The van der Waals surface area contributed by atoms with E-state index in [2.05, 4.69) is 38.3 Å². The molecule has 0 spiro atoms. The second-order valence-corrected chi connectivity index (χ2v) is 7.05. The molecule has 0 aromatic carbocycles. The van der Waals surface area contributed by atoms with Gasteiger partial charge in [-0.2, -0.15) is 0 Å². The Morgan fingerprint density at radius 3 is 2.00 bits per heavy atom.